The van der Waals surface area contributed by atoms with Crippen LogP contribution in [0.1, 0.15) is 21.7 Å². The lowest BCUT2D eigenvalue weighted by Gasteiger charge is -2.13. The summed E-state index contributed by atoms with van der Waals surface area (Å²) in [7, 11) is 3.47. The number of nitrogens with zero attached hydrogens (tertiary/aromatic N) is 3. The molecule has 0 atom stereocenters. The molecule has 0 bridgehead atoms. The zero-order valence-electron chi connectivity index (χ0n) is 15.3. The molecular formula is C17H26IN5OS2. The van der Waals surface area contributed by atoms with Gasteiger partial charge in [-0.15, -0.1) is 46.7 Å². The lowest BCUT2D eigenvalue weighted by molar-refractivity contribution is -0.127. The molecule has 0 aliphatic heterocycles. The number of nitrogens with one attached hydrogen (secondary N) is 2. The standard InChI is InChI=1S/C17H25N5OS2.HI/c1-4-13-10-19-15(25-13)7-8-18-17(21-12-16(23)22(2)3)20-11-14-6-5-9-24-14;/h5-6,9-10H,4,7-8,11-12H2,1-3H3,(H2,18,20,21);1H. The van der Waals surface area contributed by atoms with Crippen molar-refractivity contribution in [1.29, 1.82) is 0 Å². The minimum Gasteiger partial charge on any atom is -0.356 e. The van der Waals surface area contributed by atoms with Crippen molar-refractivity contribution >= 4 is 58.5 Å². The minimum absolute atomic E-state index is 0. The second-order valence-electron chi connectivity index (χ2n) is 5.64. The monoisotopic (exact) mass is 507 g/mol. The number of carbonyl (C=O) groups is 1. The molecule has 26 heavy (non-hydrogen) atoms. The molecule has 0 saturated heterocycles. The number of aromatic nitrogens is 1. The fourth-order valence-corrected chi connectivity index (χ4v) is 3.47. The molecular weight excluding hydrogens is 481 g/mol. The number of likely N-dealkylation sites (N-methyl/N-ethyl adjacent to an activating group) is 1. The molecule has 6 nitrogen and oxygen atoms in total. The predicted molar refractivity (Wildman–Crippen MR) is 121 cm³/mol. The van der Waals surface area contributed by atoms with Gasteiger partial charge in [-0.05, 0) is 17.9 Å². The first-order valence-electron chi connectivity index (χ1n) is 8.26. The normalized spacial score (nSPS) is 11.0. The highest BCUT2D eigenvalue weighted by Gasteiger charge is 2.06. The third kappa shape index (κ3) is 8.00. The smallest absolute Gasteiger partial charge is 0.243 e. The van der Waals surface area contributed by atoms with E-state index in [1.54, 1.807) is 41.7 Å². The first kappa shape index (κ1) is 22.8. The van der Waals surface area contributed by atoms with Gasteiger partial charge in [-0.25, -0.2) is 9.98 Å². The van der Waals surface area contributed by atoms with Crippen molar-refractivity contribution in [3.63, 3.8) is 0 Å². The first-order chi connectivity index (χ1) is 12.1. The summed E-state index contributed by atoms with van der Waals surface area (Å²) in [6, 6.07) is 4.09. The molecule has 9 heteroatoms. The highest BCUT2D eigenvalue weighted by atomic mass is 127. The van der Waals surface area contributed by atoms with E-state index in [4.69, 9.17) is 0 Å². The maximum absolute atomic E-state index is 11.8. The van der Waals surface area contributed by atoms with E-state index in [-0.39, 0.29) is 36.4 Å². The van der Waals surface area contributed by atoms with Crippen LogP contribution in [0.25, 0.3) is 0 Å². The molecule has 0 unspecified atom stereocenters. The Bertz CT molecular complexity index is 685. The van der Waals surface area contributed by atoms with Crippen molar-refractivity contribution in [2.75, 3.05) is 27.2 Å². The Kier molecular flexibility index (Phi) is 10.7. The van der Waals surface area contributed by atoms with Crippen molar-refractivity contribution in [2.24, 2.45) is 4.99 Å². The van der Waals surface area contributed by atoms with E-state index >= 15 is 0 Å². The largest absolute Gasteiger partial charge is 0.356 e. The number of guanidine groups is 1. The number of halogens is 1. The van der Waals surface area contributed by atoms with Gasteiger partial charge < -0.3 is 15.5 Å². The molecule has 2 rings (SSSR count). The first-order valence-corrected chi connectivity index (χ1v) is 9.96. The lowest BCUT2D eigenvalue weighted by atomic mass is 10.4. The average molecular weight is 507 g/mol. The number of aryl methyl sites for hydroxylation is 1. The van der Waals surface area contributed by atoms with Gasteiger partial charge in [-0.1, -0.05) is 13.0 Å². The second kappa shape index (κ2) is 12.2. The van der Waals surface area contributed by atoms with Gasteiger partial charge in [0.2, 0.25) is 5.91 Å². The molecule has 2 aromatic rings. The number of carbonyl (C=O) groups excluding carboxylic acids is 1. The summed E-state index contributed by atoms with van der Waals surface area (Å²) in [5.41, 5.74) is 0. The fourth-order valence-electron chi connectivity index (χ4n) is 1.96. The van der Waals surface area contributed by atoms with E-state index in [9.17, 15) is 4.79 Å². The molecule has 144 valence electrons. The zero-order valence-corrected chi connectivity index (χ0v) is 19.3. The predicted octanol–water partition coefficient (Wildman–Crippen LogP) is 2.75. The van der Waals surface area contributed by atoms with Crippen LogP contribution in [0.5, 0.6) is 0 Å². The molecule has 1 amide bonds. The van der Waals surface area contributed by atoms with E-state index in [0.717, 1.165) is 24.4 Å². The Balaban J connectivity index is 0.00000338. The highest BCUT2D eigenvalue weighted by molar-refractivity contribution is 14.0. The Morgan fingerprint density at radius 3 is 2.73 bits per heavy atom. The summed E-state index contributed by atoms with van der Waals surface area (Å²) in [4.78, 5) is 24.7. The Hall–Kier alpha value is -1.20. The molecule has 2 N–H and O–H groups in total. The number of rotatable bonds is 8. The van der Waals surface area contributed by atoms with E-state index in [1.165, 1.54) is 9.75 Å². The van der Waals surface area contributed by atoms with Gasteiger partial charge in [0.15, 0.2) is 5.96 Å². The van der Waals surface area contributed by atoms with E-state index in [1.807, 2.05) is 17.6 Å². The topological polar surface area (TPSA) is 69.6 Å². The lowest BCUT2D eigenvalue weighted by Crippen LogP contribution is -2.39. The van der Waals surface area contributed by atoms with Crippen LogP contribution < -0.4 is 10.6 Å². The van der Waals surface area contributed by atoms with Gasteiger partial charge in [0.25, 0.3) is 0 Å². The number of thiazole rings is 1. The summed E-state index contributed by atoms with van der Waals surface area (Å²) < 4.78 is 0. The van der Waals surface area contributed by atoms with Crippen LogP contribution in [0.3, 0.4) is 0 Å². The van der Waals surface area contributed by atoms with E-state index < -0.39 is 0 Å². The van der Waals surface area contributed by atoms with Crippen molar-refractivity contribution < 1.29 is 4.79 Å². The van der Waals surface area contributed by atoms with Crippen LogP contribution in [0, 0.1) is 0 Å². The molecule has 0 saturated carbocycles. The molecule has 0 aliphatic carbocycles. The summed E-state index contributed by atoms with van der Waals surface area (Å²) >= 11 is 3.44. The summed E-state index contributed by atoms with van der Waals surface area (Å²) in [5, 5.41) is 9.74. The molecule has 0 aromatic carbocycles. The summed E-state index contributed by atoms with van der Waals surface area (Å²) in [6.45, 7) is 3.68. The number of thiophene rings is 1. The van der Waals surface area contributed by atoms with Gasteiger partial charge in [-0.3, -0.25) is 4.79 Å². The van der Waals surface area contributed by atoms with Crippen molar-refractivity contribution in [3.8, 4) is 0 Å². The van der Waals surface area contributed by atoms with Crippen molar-refractivity contribution in [3.05, 3.63) is 38.5 Å². The van der Waals surface area contributed by atoms with Crippen molar-refractivity contribution in [1.82, 2.24) is 20.5 Å². The third-order valence-corrected chi connectivity index (χ3v) is 5.54. The minimum atomic E-state index is -0.0234. The van der Waals surface area contributed by atoms with Crippen LogP contribution in [0.2, 0.25) is 0 Å². The van der Waals surface area contributed by atoms with Crippen LogP contribution in [0.15, 0.2) is 28.7 Å². The number of hydrogen-bond donors (Lipinski definition) is 2. The summed E-state index contributed by atoms with van der Waals surface area (Å²) in [5.74, 6) is 0.626. The highest BCUT2D eigenvalue weighted by Crippen LogP contribution is 2.13. The van der Waals surface area contributed by atoms with Crippen molar-refractivity contribution in [2.45, 2.75) is 26.3 Å². The van der Waals surface area contributed by atoms with Gasteiger partial charge in [0.05, 0.1) is 11.6 Å². The fraction of sp³-hybridized carbons (Fsp3) is 0.471. The van der Waals surface area contributed by atoms with E-state index in [2.05, 4.69) is 33.6 Å². The van der Waals surface area contributed by atoms with Gasteiger partial charge in [-0.2, -0.15) is 0 Å². The molecule has 2 heterocycles. The Labute approximate surface area is 180 Å². The quantitative estimate of drug-likeness (QED) is 0.328. The third-order valence-electron chi connectivity index (χ3n) is 3.46. The number of hydrogen-bond acceptors (Lipinski definition) is 5. The van der Waals surface area contributed by atoms with Crippen LogP contribution in [-0.4, -0.2) is 48.9 Å². The van der Waals surface area contributed by atoms with Crippen LogP contribution in [0.4, 0.5) is 0 Å². The number of amides is 1. The molecule has 2 aromatic heterocycles. The van der Waals surface area contributed by atoms with Gasteiger partial charge >= 0.3 is 0 Å². The SMILES string of the molecule is CCc1cnc(CCNC(=NCC(=O)N(C)C)NCc2cccs2)s1.I. The maximum Gasteiger partial charge on any atom is 0.243 e. The zero-order chi connectivity index (χ0) is 18.1. The van der Waals surface area contributed by atoms with Crippen LogP contribution >= 0.6 is 46.7 Å². The molecule has 0 fully saturated rings. The molecule has 0 spiro atoms. The van der Waals surface area contributed by atoms with Gasteiger partial charge in [0.1, 0.15) is 6.54 Å². The molecule has 0 aliphatic rings. The van der Waals surface area contributed by atoms with E-state index in [0.29, 0.717) is 12.5 Å². The Morgan fingerprint density at radius 2 is 2.12 bits per heavy atom. The molecule has 0 radical (unpaired) electrons. The Morgan fingerprint density at radius 1 is 1.31 bits per heavy atom. The second-order valence-corrected chi connectivity index (χ2v) is 7.87. The van der Waals surface area contributed by atoms with Gasteiger partial charge in [0, 0.05) is 43.0 Å². The van der Waals surface area contributed by atoms with Crippen LogP contribution in [-0.2, 0) is 24.2 Å². The summed E-state index contributed by atoms with van der Waals surface area (Å²) in [6.07, 6.45) is 3.80. The maximum atomic E-state index is 11.8. The number of aliphatic imine (C=N–C) groups is 1. The average Bonchev–Trinajstić information content (AvgIpc) is 3.27.